The molecule has 2 aromatic rings. The van der Waals surface area contributed by atoms with Crippen molar-refractivity contribution in [1.29, 1.82) is 0 Å². The maximum absolute atomic E-state index is 12.1. The number of nitrogen functional groups attached to an aromatic ring is 1. The van der Waals surface area contributed by atoms with Gasteiger partial charge in [0.15, 0.2) is 5.89 Å². The number of aromatic nitrogens is 1. The van der Waals surface area contributed by atoms with Crippen LogP contribution in [0.2, 0.25) is 0 Å². The van der Waals surface area contributed by atoms with Crippen molar-refractivity contribution in [3.05, 3.63) is 35.5 Å². The Morgan fingerprint density at radius 2 is 2.16 bits per heavy atom. The van der Waals surface area contributed by atoms with Crippen LogP contribution in [0.4, 0.5) is 11.4 Å². The van der Waals surface area contributed by atoms with E-state index in [-0.39, 0.29) is 11.7 Å². The van der Waals surface area contributed by atoms with E-state index in [4.69, 9.17) is 14.9 Å². The van der Waals surface area contributed by atoms with Crippen molar-refractivity contribution in [2.75, 3.05) is 18.2 Å². The smallest absolute Gasteiger partial charge is 0.293 e. The summed E-state index contributed by atoms with van der Waals surface area (Å²) in [6.45, 7) is 3.40. The summed E-state index contributed by atoms with van der Waals surface area (Å²) >= 11 is 0. The lowest BCUT2D eigenvalue weighted by Gasteiger charge is -2.09. The minimum Gasteiger partial charge on any atom is -0.494 e. The number of nitrogens with one attached hydrogen (secondary N) is 1. The monoisotopic (exact) mass is 261 g/mol. The van der Waals surface area contributed by atoms with E-state index in [2.05, 4.69) is 10.3 Å². The molecule has 2 rings (SSSR count). The number of methoxy groups -OCH3 is 1. The van der Waals surface area contributed by atoms with E-state index >= 15 is 0 Å². The largest absolute Gasteiger partial charge is 0.494 e. The van der Waals surface area contributed by atoms with Crippen molar-refractivity contribution in [1.82, 2.24) is 4.98 Å². The van der Waals surface area contributed by atoms with E-state index in [0.717, 1.165) is 0 Å². The summed E-state index contributed by atoms with van der Waals surface area (Å²) in [5.74, 6) is 0.756. The molecule has 1 aromatic carbocycles. The molecular weight excluding hydrogens is 246 g/mol. The van der Waals surface area contributed by atoms with E-state index in [1.54, 1.807) is 32.0 Å². The normalized spacial score (nSPS) is 10.3. The van der Waals surface area contributed by atoms with Crippen molar-refractivity contribution in [3.63, 3.8) is 0 Å². The van der Waals surface area contributed by atoms with Crippen molar-refractivity contribution < 1.29 is 13.9 Å². The summed E-state index contributed by atoms with van der Waals surface area (Å²) in [6.07, 6.45) is 0. The van der Waals surface area contributed by atoms with Gasteiger partial charge in [-0.25, -0.2) is 4.98 Å². The number of hydrogen-bond acceptors (Lipinski definition) is 5. The van der Waals surface area contributed by atoms with Crippen LogP contribution in [0.1, 0.15) is 22.1 Å². The Hall–Kier alpha value is -2.50. The number of carbonyl (C=O) groups is 1. The van der Waals surface area contributed by atoms with Crippen LogP contribution in [0, 0.1) is 13.8 Å². The van der Waals surface area contributed by atoms with Gasteiger partial charge in [-0.1, -0.05) is 0 Å². The molecule has 0 radical (unpaired) electrons. The predicted octanol–water partition coefficient (Wildman–Crippen LogP) is 2.13. The van der Waals surface area contributed by atoms with Crippen LogP contribution in [-0.4, -0.2) is 18.0 Å². The van der Waals surface area contributed by atoms with Crippen molar-refractivity contribution >= 4 is 17.3 Å². The van der Waals surface area contributed by atoms with E-state index in [9.17, 15) is 4.79 Å². The molecule has 0 bridgehead atoms. The first-order valence-electron chi connectivity index (χ1n) is 5.70. The zero-order chi connectivity index (χ0) is 14.0. The molecule has 1 heterocycles. The average molecular weight is 261 g/mol. The minimum absolute atomic E-state index is 0.191. The van der Waals surface area contributed by atoms with Crippen LogP contribution >= 0.6 is 0 Å². The Morgan fingerprint density at radius 3 is 2.74 bits per heavy atom. The third-order valence-electron chi connectivity index (χ3n) is 2.58. The van der Waals surface area contributed by atoms with Gasteiger partial charge in [-0.2, -0.15) is 0 Å². The number of hydrogen-bond donors (Lipinski definition) is 2. The number of carbonyl (C=O) groups excluding carboxylic acids is 1. The number of amides is 1. The first-order chi connectivity index (χ1) is 9.01. The Labute approximate surface area is 110 Å². The molecule has 3 N–H and O–H groups in total. The highest BCUT2D eigenvalue weighted by atomic mass is 16.5. The first kappa shape index (κ1) is 12.9. The fourth-order valence-electron chi connectivity index (χ4n) is 1.73. The molecular formula is C13H15N3O3. The summed E-state index contributed by atoms with van der Waals surface area (Å²) in [5, 5.41) is 2.71. The van der Waals surface area contributed by atoms with Gasteiger partial charge in [0.25, 0.3) is 5.91 Å². The van der Waals surface area contributed by atoms with Gasteiger partial charge in [0.1, 0.15) is 5.75 Å². The Bertz CT molecular complexity index is 620. The summed E-state index contributed by atoms with van der Waals surface area (Å²) < 4.78 is 10.4. The lowest BCUT2D eigenvalue weighted by molar-refractivity contribution is 0.0994. The number of aryl methyl sites for hydroxylation is 2. The summed E-state index contributed by atoms with van der Waals surface area (Å²) in [4.78, 5) is 16.1. The van der Waals surface area contributed by atoms with Crippen molar-refractivity contribution in [2.24, 2.45) is 0 Å². The second-order valence-corrected chi connectivity index (χ2v) is 4.06. The second kappa shape index (κ2) is 5.01. The Morgan fingerprint density at radius 1 is 1.42 bits per heavy atom. The molecule has 6 heteroatoms. The maximum Gasteiger partial charge on any atom is 0.293 e. The highest BCUT2D eigenvalue weighted by Gasteiger charge is 2.17. The molecule has 19 heavy (non-hydrogen) atoms. The third kappa shape index (κ3) is 2.67. The van der Waals surface area contributed by atoms with Gasteiger partial charge >= 0.3 is 0 Å². The third-order valence-corrected chi connectivity index (χ3v) is 2.58. The van der Waals surface area contributed by atoms with Gasteiger partial charge in [-0.3, -0.25) is 4.79 Å². The molecule has 1 aromatic heterocycles. The lowest BCUT2D eigenvalue weighted by Crippen LogP contribution is -2.13. The molecule has 0 aliphatic carbocycles. The highest BCUT2D eigenvalue weighted by molar-refractivity contribution is 6.03. The van der Waals surface area contributed by atoms with Gasteiger partial charge < -0.3 is 20.2 Å². The minimum atomic E-state index is -0.374. The summed E-state index contributed by atoms with van der Waals surface area (Å²) in [5.41, 5.74) is 7.28. The van der Waals surface area contributed by atoms with Crippen LogP contribution in [0.25, 0.3) is 0 Å². The van der Waals surface area contributed by atoms with Gasteiger partial charge in [-0.05, 0) is 19.1 Å². The molecule has 0 fully saturated rings. The number of ether oxygens (including phenoxy) is 1. The SMILES string of the molecule is COc1cc(N)ccc1NC(=O)c1oc(C)nc1C. The van der Waals surface area contributed by atoms with Crippen LogP contribution in [0.15, 0.2) is 22.6 Å². The highest BCUT2D eigenvalue weighted by Crippen LogP contribution is 2.27. The second-order valence-electron chi connectivity index (χ2n) is 4.06. The molecule has 0 saturated heterocycles. The maximum atomic E-state index is 12.1. The number of rotatable bonds is 3. The first-order valence-corrected chi connectivity index (χ1v) is 5.70. The molecule has 0 atom stereocenters. The van der Waals surface area contributed by atoms with Gasteiger partial charge in [0.2, 0.25) is 5.76 Å². The van der Waals surface area contributed by atoms with Crippen LogP contribution in [0.3, 0.4) is 0 Å². The van der Waals surface area contributed by atoms with Gasteiger partial charge in [-0.15, -0.1) is 0 Å². The van der Waals surface area contributed by atoms with Gasteiger partial charge in [0, 0.05) is 18.7 Å². The zero-order valence-corrected chi connectivity index (χ0v) is 11.0. The molecule has 1 amide bonds. The van der Waals surface area contributed by atoms with E-state index in [0.29, 0.717) is 28.7 Å². The van der Waals surface area contributed by atoms with Crippen molar-refractivity contribution in [3.8, 4) is 5.75 Å². The topological polar surface area (TPSA) is 90.4 Å². The van der Waals surface area contributed by atoms with E-state index in [1.165, 1.54) is 7.11 Å². The zero-order valence-electron chi connectivity index (χ0n) is 11.0. The molecule has 0 unspecified atom stereocenters. The summed E-state index contributed by atoms with van der Waals surface area (Å²) in [7, 11) is 1.51. The number of nitrogens with two attached hydrogens (primary N) is 1. The quantitative estimate of drug-likeness (QED) is 0.826. The van der Waals surface area contributed by atoms with Gasteiger partial charge in [0.05, 0.1) is 18.5 Å². The number of benzene rings is 1. The molecule has 0 spiro atoms. The molecule has 0 aliphatic heterocycles. The van der Waals surface area contributed by atoms with Crippen molar-refractivity contribution in [2.45, 2.75) is 13.8 Å². The molecule has 100 valence electrons. The van der Waals surface area contributed by atoms with Crippen LogP contribution in [0.5, 0.6) is 5.75 Å². The number of nitrogens with zero attached hydrogens (tertiary/aromatic N) is 1. The number of oxazole rings is 1. The summed E-state index contributed by atoms with van der Waals surface area (Å²) in [6, 6.07) is 4.98. The molecule has 6 nitrogen and oxygen atoms in total. The fraction of sp³-hybridized carbons (Fsp3) is 0.231. The van der Waals surface area contributed by atoms with E-state index in [1.807, 2.05) is 0 Å². The molecule has 0 saturated carbocycles. The average Bonchev–Trinajstić information content (AvgIpc) is 2.70. The predicted molar refractivity (Wildman–Crippen MR) is 71.3 cm³/mol. The molecule has 0 aliphatic rings. The Kier molecular flexibility index (Phi) is 3.41. The Balaban J connectivity index is 2.26. The van der Waals surface area contributed by atoms with Crippen LogP contribution in [-0.2, 0) is 0 Å². The fourth-order valence-corrected chi connectivity index (χ4v) is 1.73. The standard InChI is InChI=1S/C13H15N3O3/c1-7-12(19-8(2)15-7)13(17)16-10-5-4-9(14)6-11(10)18-3/h4-6H,14H2,1-3H3,(H,16,17). The van der Waals surface area contributed by atoms with E-state index < -0.39 is 0 Å². The lowest BCUT2D eigenvalue weighted by atomic mass is 10.2. The van der Waals surface area contributed by atoms with Crippen LogP contribution < -0.4 is 15.8 Å². The number of anilines is 2.